The lowest BCUT2D eigenvalue weighted by Gasteiger charge is -2.05. The van der Waals surface area contributed by atoms with Crippen LogP contribution in [-0.4, -0.2) is 26.3 Å². The standard InChI is InChI=1S/C12H16N6/c1-2-3-6-14-11-10-8-17-18(7-4-5-13)12(10)16-9-15-11/h8-9H,2-4,6-7H2,1H3,(H,14,15,16). The van der Waals surface area contributed by atoms with Gasteiger partial charge >= 0.3 is 0 Å². The maximum Gasteiger partial charge on any atom is 0.163 e. The molecule has 1 N–H and O–H groups in total. The van der Waals surface area contributed by atoms with Gasteiger partial charge in [0.2, 0.25) is 0 Å². The van der Waals surface area contributed by atoms with Crippen LogP contribution in [0, 0.1) is 11.3 Å². The number of rotatable bonds is 6. The van der Waals surface area contributed by atoms with Crippen molar-refractivity contribution < 1.29 is 0 Å². The fourth-order valence-corrected chi connectivity index (χ4v) is 1.74. The summed E-state index contributed by atoms with van der Waals surface area (Å²) in [4.78, 5) is 8.45. The second-order valence-electron chi connectivity index (χ2n) is 4.02. The van der Waals surface area contributed by atoms with E-state index < -0.39 is 0 Å². The Kier molecular flexibility index (Phi) is 4.07. The minimum Gasteiger partial charge on any atom is -0.369 e. The summed E-state index contributed by atoms with van der Waals surface area (Å²) in [7, 11) is 0. The lowest BCUT2D eigenvalue weighted by atomic mass is 10.3. The average Bonchev–Trinajstić information content (AvgIpc) is 2.81. The van der Waals surface area contributed by atoms with Crippen LogP contribution < -0.4 is 5.32 Å². The number of hydrogen-bond acceptors (Lipinski definition) is 5. The van der Waals surface area contributed by atoms with Gasteiger partial charge in [0.1, 0.15) is 12.1 Å². The van der Waals surface area contributed by atoms with E-state index in [0.29, 0.717) is 13.0 Å². The molecule has 6 nitrogen and oxygen atoms in total. The maximum atomic E-state index is 8.60. The Bertz CT molecular complexity index is 553. The fraction of sp³-hybridized carbons (Fsp3) is 0.500. The molecule has 0 aliphatic carbocycles. The number of nitrogens with one attached hydrogen (secondary N) is 1. The van der Waals surface area contributed by atoms with Crippen molar-refractivity contribution in [3.63, 3.8) is 0 Å². The molecule has 0 aliphatic rings. The Balaban J connectivity index is 2.22. The molecule has 0 saturated heterocycles. The molecule has 6 heteroatoms. The lowest BCUT2D eigenvalue weighted by Crippen LogP contribution is -2.04. The summed E-state index contributed by atoms with van der Waals surface area (Å²) in [5, 5.41) is 17.0. The zero-order valence-corrected chi connectivity index (χ0v) is 10.4. The van der Waals surface area contributed by atoms with Crippen molar-refractivity contribution in [2.75, 3.05) is 11.9 Å². The van der Waals surface area contributed by atoms with Gasteiger partial charge in [0.05, 0.1) is 30.6 Å². The van der Waals surface area contributed by atoms with E-state index in [-0.39, 0.29) is 0 Å². The van der Waals surface area contributed by atoms with Crippen molar-refractivity contribution in [1.82, 2.24) is 19.7 Å². The summed E-state index contributed by atoms with van der Waals surface area (Å²) in [6.07, 6.45) is 5.96. The number of aromatic nitrogens is 4. The fourth-order valence-electron chi connectivity index (χ4n) is 1.74. The van der Waals surface area contributed by atoms with Gasteiger partial charge in [-0.05, 0) is 6.42 Å². The van der Waals surface area contributed by atoms with E-state index in [1.165, 1.54) is 6.33 Å². The largest absolute Gasteiger partial charge is 0.369 e. The van der Waals surface area contributed by atoms with Crippen LogP contribution >= 0.6 is 0 Å². The quantitative estimate of drug-likeness (QED) is 0.786. The number of hydrogen-bond donors (Lipinski definition) is 1. The minimum atomic E-state index is 0.430. The van der Waals surface area contributed by atoms with Crippen molar-refractivity contribution in [3.8, 4) is 6.07 Å². The van der Waals surface area contributed by atoms with Crippen molar-refractivity contribution in [2.24, 2.45) is 0 Å². The van der Waals surface area contributed by atoms with Gasteiger partial charge in [0.15, 0.2) is 5.65 Å². The Morgan fingerprint density at radius 1 is 1.44 bits per heavy atom. The van der Waals surface area contributed by atoms with Gasteiger partial charge in [-0.1, -0.05) is 13.3 Å². The van der Waals surface area contributed by atoms with Gasteiger partial charge in [0.25, 0.3) is 0 Å². The molecule has 2 heterocycles. The molecule has 94 valence electrons. The van der Waals surface area contributed by atoms with E-state index >= 15 is 0 Å². The number of nitrogens with zero attached hydrogens (tertiary/aromatic N) is 5. The molecule has 0 saturated carbocycles. The second kappa shape index (κ2) is 5.96. The Morgan fingerprint density at radius 2 is 2.33 bits per heavy atom. The molecule has 0 bridgehead atoms. The topological polar surface area (TPSA) is 79.4 Å². The van der Waals surface area contributed by atoms with Crippen LogP contribution in [0.5, 0.6) is 0 Å². The third-order valence-corrected chi connectivity index (χ3v) is 2.69. The Hall–Kier alpha value is -2.16. The molecule has 0 atom stereocenters. The molecular weight excluding hydrogens is 228 g/mol. The molecule has 0 unspecified atom stereocenters. The van der Waals surface area contributed by atoms with Crippen molar-refractivity contribution in [1.29, 1.82) is 5.26 Å². The zero-order valence-electron chi connectivity index (χ0n) is 10.4. The summed E-state index contributed by atoms with van der Waals surface area (Å²) in [5.74, 6) is 0.816. The summed E-state index contributed by atoms with van der Waals surface area (Å²) in [5.41, 5.74) is 0.777. The summed E-state index contributed by atoms with van der Waals surface area (Å²) >= 11 is 0. The van der Waals surface area contributed by atoms with Crippen LogP contribution in [0.25, 0.3) is 11.0 Å². The number of anilines is 1. The molecular formula is C12H16N6. The highest BCUT2D eigenvalue weighted by molar-refractivity contribution is 5.85. The highest BCUT2D eigenvalue weighted by Crippen LogP contribution is 2.18. The monoisotopic (exact) mass is 244 g/mol. The van der Waals surface area contributed by atoms with Gasteiger partial charge < -0.3 is 5.32 Å². The SMILES string of the molecule is CCCCNc1ncnc2c1cnn2CCC#N. The summed E-state index contributed by atoms with van der Waals surface area (Å²) < 4.78 is 1.74. The van der Waals surface area contributed by atoms with E-state index in [1.54, 1.807) is 10.9 Å². The van der Waals surface area contributed by atoms with Gasteiger partial charge in [-0.3, -0.25) is 0 Å². The van der Waals surface area contributed by atoms with Gasteiger partial charge in [-0.2, -0.15) is 10.4 Å². The predicted octanol–water partition coefficient (Wildman–Crippen LogP) is 1.95. The normalized spacial score (nSPS) is 10.4. The van der Waals surface area contributed by atoms with E-state index in [0.717, 1.165) is 36.2 Å². The first-order valence-electron chi connectivity index (χ1n) is 6.14. The zero-order chi connectivity index (χ0) is 12.8. The predicted molar refractivity (Wildman–Crippen MR) is 69.0 cm³/mol. The highest BCUT2D eigenvalue weighted by Gasteiger charge is 2.08. The number of unbranched alkanes of at least 4 members (excludes halogenated alkanes) is 1. The van der Waals surface area contributed by atoms with Crippen LogP contribution in [-0.2, 0) is 6.54 Å². The second-order valence-corrected chi connectivity index (χ2v) is 4.02. The number of nitriles is 1. The van der Waals surface area contributed by atoms with E-state index in [9.17, 15) is 0 Å². The van der Waals surface area contributed by atoms with Crippen LogP contribution in [0.4, 0.5) is 5.82 Å². The first-order valence-corrected chi connectivity index (χ1v) is 6.14. The first kappa shape index (κ1) is 12.3. The van der Waals surface area contributed by atoms with Crippen LogP contribution in [0.2, 0.25) is 0 Å². The molecule has 0 amide bonds. The lowest BCUT2D eigenvalue weighted by molar-refractivity contribution is 0.643. The van der Waals surface area contributed by atoms with Crippen molar-refractivity contribution >= 4 is 16.9 Å². The van der Waals surface area contributed by atoms with E-state index in [1.807, 2.05) is 0 Å². The maximum absolute atomic E-state index is 8.60. The van der Waals surface area contributed by atoms with Gasteiger partial charge in [-0.15, -0.1) is 0 Å². The van der Waals surface area contributed by atoms with Gasteiger partial charge in [0, 0.05) is 6.54 Å². The van der Waals surface area contributed by atoms with Crippen molar-refractivity contribution in [2.45, 2.75) is 32.7 Å². The molecule has 0 aliphatic heterocycles. The van der Waals surface area contributed by atoms with E-state index in [4.69, 9.17) is 5.26 Å². The number of fused-ring (bicyclic) bond motifs is 1. The average molecular weight is 244 g/mol. The molecule has 0 aromatic carbocycles. The molecule has 18 heavy (non-hydrogen) atoms. The number of aryl methyl sites for hydroxylation is 1. The van der Waals surface area contributed by atoms with Gasteiger partial charge in [-0.25, -0.2) is 14.6 Å². The Labute approximate surface area is 106 Å². The molecule has 2 aromatic heterocycles. The molecule has 0 fully saturated rings. The third kappa shape index (κ3) is 2.56. The summed E-state index contributed by atoms with van der Waals surface area (Å²) in [6, 6.07) is 2.11. The molecule has 2 rings (SSSR count). The van der Waals surface area contributed by atoms with Crippen molar-refractivity contribution in [3.05, 3.63) is 12.5 Å². The van der Waals surface area contributed by atoms with Crippen LogP contribution in [0.15, 0.2) is 12.5 Å². The minimum absolute atomic E-state index is 0.430. The first-order chi connectivity index (χ1) is 8.86. The molecule has 0 radical (unpaired) electrons. The summed E-state index contributed by atoms with van der Waals surface area (Å²) in [6.45, 7) is 3.61. The third-order valence-electron chi connectivity index (χ3n) is 2.69. The van der Waals surface area contributed by atoms with Crippen LogP contribution in [0.3, 0.4) is 0 Å². The van der Waals surface area contributed by atoms with E-state index in [2.05, 4.69) is 33.4 Å². The molecule has 2 aromatic rings. The highest BCUT2D eigenvalue weighted by atomic mass is 15.3. The Morgan fingerprint density at radius 3 is 3.11 bits per heavy atom. The smallest absolute Gasteiger partial charge is 0.163 e. The van der Waals surface area contributed by atoms with Crippen LogP contribution in [0.1, 0.15) is 26.2 Å². The molecule has 0 spiro atoms.